The highest BCUT2D eigenvalue weighted by Crippen LogP contribution is 2.36. The lowest BCUT2D eigenvalue weighted by molar-refractivity contribution is -0.0168. The number of ether oxygens (including phenoxy) is 2. The van der Waals surface area contributed by atoms with Crippen LogP contribution in [0.3, 0.4) is 0 Å². The van der Waals surface area contributed by atoms with Gasteiger partial charge in [0.1, 0.15) is 5.75 Å². The molecule has 0 unspecified atom stereocenters. The van der Waals surface area contributed by atoms with Crippen LogP contribution in [0.5, 0.6) is 5.75 Å². The maximum Gasteiger partial charge on any atom is 0.189 e. The summed E-state index contributed by atoms with van der Waals surface area (Å²) in [4.78, 5) is 1.24. The second kappa shape index (κ2) is 6.44. The zero-order valence-electron chi connectivity index (χ0n) is 12.4. The Morgan fingerprint density at radius 2 is 1.87 bits per heavy atom. The Morgan fingerprint density at radius 3 is 2.78 bits per heavy atom. The van der Waals surface area contributed by atoms with Gasteiger partial charge in [-0.1, -0.05) is 41.9 Å². The molecule has 0 fully saturated rings. The number of fused-ring (bicyclic) bond motifs is 2. The van der Waals surface area contributed by atoms with Gasteiger partial charge in [0.2, 0.25) is 0 Å². The number of rotatable bonds is 3. The Hall–Kier alpha value is -1.68. The summed E-state index contributed by atoms with van der Waals surface area (Å²) in [6.45, 7) is 0.867. The molecular weight excluding hydrogens is 328 g/mol. The maximum atomic E-state index is 6.22. The second-order valence-corrected chi connectivity index (χ2v) is 6.95. The molecule has 0 saturated carbocycles. The third-order valence-corrected chi connectivity index (χ3v) is 5.13. The molecular formula is C19H15ClO2S. The van der Waals surface area contributed by atoms with E-state index >= 15 is 0 Å². The molecule has 0 radical (unpaired) electrons. The predicted octanol–water partition coefficient (Wildman–Crippen LogP) is 5.65. The molecule has 0 bridgehead atoms. The van der Waals surface area contributed by atoms with Crippen molar-refractivity contribution in [2.24, 2.45) is 0 Å². The molecule has 1 aliphatic heterocycles. The molecule has 3 aromatic rings. The topological polar surface area (TPSA) is 18.5 Å². The summed E-state index contributed by atoms with van der Waals surface area (Å²) in [6.07, 6.45) is 0. The van der Waals surface area contributed by atoms with Crippen molar-refractivity contribution in [3.05, 3.63) is 70.7 Å². The van der Waals surface area contributed by atoms with Gasteiger partial charge in [0.15, 0.2) is 6.79 Å². The van der Waals surface area contributed by atoms with Crippen LogP contribution >= 0.6 is 23.4 Å². The van der Waals surface area contributed by atoms with Crippen LogP contribution in [0, 0.1) is 0 Å². The van der Waals surface area contributed by atoms with Crippen LogP contribution in [-0.4, -0.2) is 6.79 Å². The molecule has 4 heteroatoms. The lowest BCUT2D eigenvalue weighted by Crippen LogP contribution is -2.12. The summed E-state index contributed by atoms with van der Waals surface area (Å²) in [7, 11) is 0. The molecule has 23 heavy (non-hydrogen) atoms. The summed E-state index contributed by atoms with van der Waals surface area (Å²) in [6, 6.07) is 18.8. The van der Waals surface area contributed by atoms with E-state index in [-0.39, 0.29) is 0 Å². The van der Waals surface area contributed by atoms with Gasteiger partial charge in [-0.2, -0.15) is 0 Å². The highest BCUT2D eigenvalue weighted by Gasteiger charge is 2.16. The summed E-state index contributed by atoms with van der Waals surface area (Å²) in [5, 5.41) is 3.25. The molecule has 3 aromatic carbocycles. The number of hydrogen-bond acceptors (Lipinski definition) is 3. The molecule has 0 spiro atoms. The molecule has 0 aliphatic carbocycles. The van der Waals surface area contributed by atoms with Gasteiger partial charge in [0.05, 0.1) is 6.61 Å². The molecule has 0 aromatic heterocycles. The first-order valence-corrected chi connectivity index (χ1v) is 8.79. The van der Waals surface area contributed by atoms with E-state index in [1.807, 2.05) is 12.1 Å². The van der Waals surface area contributed by atoms with E-state index in [9.17, 15) is 0 Å². The molecule has 0 N–H and O–H groups in total. The quantitative estimate of drug-likeness (QED) is 0.573. The first-order valence-electron chi connectivity index (χ1n) is 7.43. The van der Waals surface area contributed by atoms with Crippen molar-refractivity contribution < 1.29 is 9.47 Å². The fourth-order valence-corrected chi connectivity index (χ4v) is 3.96. The Balaban J connectivity index is 1.59. The lowest BCUT2D eigenvalue weighted by Gasteiger charge is -2.21. The summed E-state index contributed by atoms with van der Waals surface area (Å²) in [5.74, 6) is 1.75. The number of benzene rings is 3. The van der Waals surface area contributed by atoms with Crippen LogP contribution in [0.4, 0.5) is 0 Å². The maximum absolute atomic E-state index is 6.22. The van der Waals surface area contributed by atoms with Gasteiger partial charge >= 0.3 is 0 Å². The standard InChI is InChI=1S/C19H15ClO2S/c20-17-7-15-10-21-12-22-19(15)16(8-17)11-23-18-6-5-13-3-1-2-4-14(13)9-18/h1-9H,10-12H2. The summed E-state index contributed by atoms with van der Waals surface area (Å²) >= 11 is 8.01. The minimum absolute atomic E-state index is 0.308. The minimum atomic E-state index is 0.308. The highest BCUT2D eigenvalue weighted by atomic mass is 35.5. The third-order valence-electron chi connectivity index (χ3n) is 3.87. The normalized spacial score (nSPS) is 13.6. The first-order chi connectivity index (χ1) is 11.3. The Morgan fingerprint density at radius 1 is 1.00 bits per heavy atom. The number of hydrogen-bond donors (Lipinski definition) is 0. The monoisotopic (exact) mass is 342 g/mol. The largest absolute Gasteiger partial charge is 0.467 e. The first kappa shape index (κ1) is 14.9. The van der Waals surface area contributed by atoms with Crippen LogP contribution in [-0.2, 0) is 17.1 Å². The molecule has 0 atom stereocenters. The Kier molecular flexibility index (Phi) is 4.17. The van der Waals surface area contributed by atoms with E-state index in [0.717, 1.165) is 27.7 Å². The van der Waals surface area contributed by atoms with Gasteiger partial charge in [-0.25, -0.2) is 0 Å². The van der Waals surface area contributed by atoms with E-state index in [0.29, 0.717) is 13.4 Å². The van der Waals surface area contributed by atoms with Crippen LogP contribution < -0.4 is 4.74 Å². The zero-order chi connectivity index (χ0) is 15.6. The van der Waals surface area contributed by atoms with E-state index in [4.69, 9.17) is 21.1 Å². The van der Waals surface area contributed by atoms with Crippen molar-refractivity contribution in [3.63, 3.8) is 0 Å². The van der Waals surface area contributed by atoms with E-state index in [2.05, 4.69) is 42.5 Å². The number of thioether (sulfide) groups is 1. The fourth-order valence-electron chi connectivity index (χ4n) is 2.78. The van der Waals surface area contributed by atoms with Crippen molar-refractivity contribution in [3.8, 4) is 5.75 Å². The SMILES string of the molecule is Clc1cc2c(c(CSc3ccc4ccccc4c3)c1)OCOC2. The van der Waals surface area contributed by atoms with Crippen LogP contribution in [0.2, 0.25) is 5.02 Å². The van der Waals surface area contributed by atoms with Gasteiger partial charge in [-0.15, -0.1) is 11.8 Å². The smallest absolute Gasteiger partial charge is 0.189 e. The Bertz CT molecular complexity index is 863. The molecule has 4 rings (SSSR count). The Labute approximate surface area is 144 Å². The molecule has 1 heterocycles. The molecule has 116 valence electrons. The molecule has 0 amide bonds. The summed E-state index contributed by atoms with van der Waals surface area (Å²) in [5.41, 5.74) is 2.15. The lowest BCUT2D eigenvalue weighted by atomic mass is 10.1. The van der Waals surface area contributed by atoms with Crippen LogP contribution in [0.25, 0.3) is 10.8 Å². The molecule has 2 nitrogen and oxygen atoms in total. The van der Waals surface area contributed by atoms with E-state index in [1.165, 1.54) is 15.7 Å². The van der Waals surface area contributed by atoms with Crippen molar-refractivity contribution in [2.45, 2.75) is 17.3 Å². The average Bonchev–Trinajstić information content (AvgIpc) is 2.59. The van der Waals surface area contributed by atoms with Crippen molar-refractivity contribution in [1.29, 1.82) is 0 Å². The predicted molar refractivity (Wildman–Crippen MR) is 95.2 cm³/mol. The van der Waals surface area contributed by atoms with Gasteiger partial charge < -0.3 is 9.47 Å². The highest BCUT2D eigenvalue weighted by molar-refractivity contribution is 7.98. The van der Waals surface area contributed by atoms with E-state index in [1.54, 1.807) is 11.8 Å². The zero-order valence-corrected chi connectivity index (χ0v) is 14.0. The third kappa shape index (κ3) is 3.18. The second-order valence-electron chi connectivity index (χ2n) is 5.46. The van der Waals surface area contributed by atoms with Crippen molar-refractivity contribution in [2.75, 3.05) is 6.79 Å². The van der Waals surface area contributed by atoms with Crippen LogP contribution in [0.15, 0.2) is 59.5 Å². The van der Waals surface area contributed by atoms with Gasteiger partial charge in [-0.3, -0.25) is 0 Å². The number of halogens is 1. The van der Waals surface area contributed by atoms with Crippen molar-refractivity contribution in [1.82, 2.24) is 0 Å². The minimum Gasteiger partial charge on any atom is -0.467 e. The van der Waals surface area contributed by atoms with Gasteiger partial charge in [-0.05, 0) is 35.0 Å². The molecule has 1 aliphatic rings. The molecule has 0 saturated heterocycles. The fraction of sp³-hybridized carbons (Fsp3) is 0.158. The van der Waals surface area contributed by atoms with Crippen molar-refractivity contribution >= 4 is 34.1 Å². The van der Waals surface area contributed by atoms with E-state index < -0.39 is 0 Å². The van der Waals surface area contributed by atoms with Crippen LogP contribution in [0.1, 0.15) is 11.1 Å². The average molecular weight is 343 g/mol. The van der Waals surface area contributed by atoms with Gasteiger partial charge in [0, 0.05) is 26.8 Å². The van der Waals surface area contributed by atoms with Gasteiger partial charge in [0.25, 0.3) is 0 Å². The summed E-state index contributed by atoms with van der Waals surface area (Å²) < 4.78 is 11.0.